The maximum absolute atomic E-state index is 8.77. The van der Waals surface area contributed by atoms with E-state index in [1.807, 2.05) is 12.3 Å². The number of aromatic nitrogens is 2. The molecule has 1 heterocycles. The number of anilines is 2. The molecule has 0 saturated carbocycles. The van der Waals surface area contributed by atoms with Crippen molar-refractivity contribution >= 4 is 23.0 Å². The van der Waals surface area contributed by atoms with Gasteiger partial charge in [0.1, 0.15) is 0 Å². The van der Waals surface area contributed by atoms with Crippen LogP contribution in [-0.2, 0) is 11.3 Å². The summed E-state index contributed by atoms with van der Waals surface area (Å²) in [6, 6.07) is 7.15. The second-order valence-electron chi connectivity index (χ2n) is 3.92. The molecule has 0 saturated heterocycles. The number of rotatable bonds is 5. The zero-order valence-corrected chi connectivity index (χ0v) is 11.2. The van der Waals surface area contributed by atoms with E-state index < -0.39 is 0 Å². The Hall–Kier alpha value is -2.03. The lowest BCUT2D eigenvalue weighted by Crippen LogP contribution is -2.03. The molecule has 6 heteroatoms. The smallest absolute Gasteiger partial charge is 0.0992 e. The van der Waals surface area contributed by atoms with Gasteiger partial charge in [0.05, 0.1) is 47.4 Å². The van der Waals surface area contributed by atoms with Crippen molar-refractivity contribution in [2.45, 2.75) is 6.54 Å². The van der Waals surface area contributed by atoms with Gasteiger partial charge in [-0.25, -0.2) is 0 Å². The van der Waals surface area contributed by atoms with Crippen LogP contribution < -0.4 is 5.32 Å². The standard InChI is InChI=1S/C13H13ClN4O/c1-19-5-4-18-9-11(8-16-18)17-13-3-2-10(7-15)6-12(13)14/h2-3,6,8-9,17H,4-5H2,1H3. The molecular formula is C13H13ClN4O. The summed E-state index contributed by atoms with van der Waals surface area (Å²) < 4.78 is 6.77. The third kappa shape index (κ3) is 3.47. The van der Waals surface area contributed by atoms with Crippen molar-refractivity contribution in [3.05, 3.63) is 41.2 Å². The Labute approximate surface area is 116 Å². The zero-order valence-electron chi connectivity index (χ0n) is 10.4. The second-order valence-corrected chi connectivity index (χ2v) is 4.32. The molecule has 0 atom stereocenters. The van der Waals surface area contributed by atoms with Crippen molar-refractivity contribution < 1.29 is 4.74 Å². The number of nitrogens with one attached hydrogen (secondary N) is 1. The molecule has 1 aromatic carbocycles. The van der Waals surface area contributed by atoms with Crippen molar-refractivity contribution in [2.24, 2.45) is 0 Å². The normalized spacial score (nSPS) is 10.2. The Bertz CT molecular complexity index is 603. The van der Waals surface area contributed by atoms with Crippen LogP contribution in [0, 0.1) is 11.3 Å². The summed E-state index contributed by atoms with van der Waals surface area (Å²) >= 11 is 6.09. The summed E-state index contributed by atoms with van der Waals surface area (Å²) in [6.45, 7) is 1.30. The summed E-state index contributed by atoms with van der Waals surface area (Å²) in [4.78, 5) is 0. The van der Waals surface area contributed by atoms with E-state index in [1.54, 1.807) is 36.2 Å². The van der Waals surface area contributed by atoms with Gasteiger partial charge in [-0.3, -0.25) is 4.68 Å². The molecule has 0 radical (unpaired) electrons. The third-order valence-corrected chi connectivity index (χ3v) is 2.85. The predicted molar refractivity (Wildman–Crippen MR) is 73.6 cm³/mol. The van der Waals surface area contributed by atoms with Crippen molar-refractivity contribution in [1.29, 1.82) is 5.26 Å². The number of benzene rings is 1. The number of hydrogen-bond acceptors (Lipinski definition) is 4. The first-order chi connectivity index (χ1) is 9.22. The maximum Gasteiger partial charge on any atom is 0.0992 e. The van der Waals surface area contributed by atoms with Gasteiger partial charge in [-0.1, -0.05) is 11.6 Å². The van der Waals surface area contributed by atoms with E-state index in [9.17, 15) is 0 Å². The van der Waals surface area contributed by atoms with Gasteiger partial charge in [0, 0.05) is 13.3 Å². The Morgan fingerprint density at radius 2 is 2.37 bits per heavy atom. The lowest BCUT2D eigenvalue weighted by molar-refractivity contribution is 0.183. The molecule has 0 aliphatic carbocycles. The van der Waals surface area contributed by atoms with Gasteiger partial charge in [-0.05, 0) is 18.2 Å². The Morgan fingerprint density at radius 1 is 1.53 bits per heavy atom. The third-order valence-electron chi connectivity index (χ3n) is 2.53. The monoisotopic (exact) mass is 276 g/mol. The fourth-order valence-electron chi connectivity index (χ4n) is 1.58. The van der Waals surface area contributed by atoms with E-state index in [4.69, 9.17) is 21.6 Å². The van der Waals surface area contributed by atoms with Gasteiger partial charge in [0.2, 0.25) is 0 Å². The van der Waals surface area contributed by atoms with Gasteiger partial charge >= 0.3 is 0 Å². The minimum atomic E-state index is 0.503. The summed E-state index contributed by atoms with van der Waals surface area (Å²) in [5, 5.41) is 16.6. The molecule has 19 heavy (non-hydrogen) atoms. The highest BCUT2D eigenvalue weighted by molar-refractivity contribution is 6.33. The fraction of sp³-hybridized carbons (Fsp3) is 0.231. The number of nitrogens with zero attached hydrogens (tertiary/aromatic N) is 3. The summed E-state index contributed by atoms with van der Waals surface area (Å²) in [7, 11) is 1.65. The molecule has 0 aliphatic heterocycles. The zero-order chi connectivity index (χ0) is 13.7. The van der Waals surface area contributed by atoms with Gasteiger partial charge in [-0.15, -0.1) is 0 Å². The molecule has 0 aliphatic rings. The number of halogens is 1. The minimum absolute atomic E-state index is 0.503. The van der Waals surface area contributed by atoms with E-state index in [2.05, 4.69) is 10.4 Å². The number of ether oxygens (including phenoxy) is 1. The van der Waals surface area contributed by atoms with Crippen LogP contribution >= 0.6 is 11.6 Å². The molecule has 1 aromatic heterocycles. The molecular weight excluding hydrogens is 264 g/mol. The summed E-state index contributed by atoms with van der Waals surface area (Å²) in [5.74, 6) is 0. The van der Waals surface area contributed by atoms with Crippen molar-refractivity contribution in [3.8, 4) is 6.07 Å². The lowest BCUT2D eigenvalue weighted by atomic mass is 10.2. The maximum atomic E-state index is 8.77. The molecule has 0 fully saturated rings. The molecule has 2 rings (SSSR count). The largest absolute Gasteiger partial charge is 0.383 e. The highest BCUT2D eigenvalue weighted by atomic mass is 35.5. The fourth-order valence-corrected chi connectivity index (χ4v) is 1.80. The van der Waals surface area contributed by atoms with E-state index in [0.29, 0.717) is 23.7 Å². The minimum Gasteiger partial charge on any atom is -0.383 e. The number of hydrogen-bond donors (Lipinski definition) is 1. The summed E-state index contributed by atoms with van der Waals surface area (Å²) in [5.41, 5.74) is 2.11. The van der Waals surface area contributed by atoms with Gasteiger partial charge in [0.25, 0.3) is 0 Å². The molecule has 1 N–H and O–H groups in total. The van der Waals surface area contributed by atoms with Crippen LogP contribution in [0.25, 0.3) is 0 Å². The van der Waals surface area contributed by atoms with E-state index in [1.165, 1.54) is 0 Å². The number of methoxy groups -OCH3 is 1. The second kappa shape index (κ2) is 6.23. The van der Waals surface area contributed by atoms with Crippen LogP contribution in [0.3, 0.4) is 0 Å². The van der Waals surface area contributed by atoms with Gasteiger partial charge in [0.15, 0.2) is 0 Å². The van der Waals surface area contributed by atoms with Crippen molar-refractivity contribution in [3.63, 3.8) is 0 Å². The van der Waals surface area contributed by atoms with E-state index in [0.717, 1.165) is 11.4 Å². The van der Waals surface area contributed by atoms with Crippen LogP contribution in [0.1, 0.15) is 5.56 Å². The highest BCUT2D eigenvalue weighted by Crippen LogP contribution is 2.26. The molecule has 98 valence electrons. The van der Waals surface area contributed by atoms with Crippen LogP contribution in [0.15, 0.2) is 30.6 Å². The van der Waals surface area contributed by atoms with Crippen LogP contribution in [-0.4, -0.2) is 23.5 Å². The van der Waals surface area contributed by atoms with Crippen LogP contribution in [0.5, 0.6) is 0 Å². The molecule has 0 amide bonds. The quantitative estimate of drug-likeness (QED) is 0.912. The molecule has 0 unspecified atom stereocenters. The molecule has 2 aromatic rings. The summed E-state index contributed by atoms with van der Waals surface area (Å²) in [6.07, 6.45) is 3.58. The van der Waals surface area contributed by atoms with Crippen LogP contribution in [0.4, 0.5) is 11.4 Å². The van der Waals surface area contributed by atoms with Gasteiger partial charge in [-0.2, -0.15) is 10.4 Å². The topological polar surface area (TPSA) is 62.9 Å². The first-order valence-electron chi connectivity index (χ1n) is 5.71. The molecule has 5 nitrogen and oxygen atoms in total. The van der Waals surface area contributed by atoms with E-state index >= 15 is 0 Å². The Balaban J connectivity index is 2.09. The van der Waals surface area contributed by atoms with Crippen molar-refractivity contribution in [1.82, 2.24) is 9.78 Å². The van der Waals surface area contributed by atoms with Crippen molar-refractivity contribution in [2.75, 3.05) is 19.0 Å². The predicted octanol–water partition coefficient (Wildman–Crippen LogP) is 2.80. The average molecular weight is 277 g/mol. The molecule has 0 spiro atoms. The average Bonchev–Trinajstić information content (AvgIpc) is 2.86. The van der Waals surface area contributed by atoms with Crippen LogP contribution in [0.2, 0.25) is 5.02 Å². The first kappa shape index (κ1) is 13.4. The SMILES string of the molecule is COCCn1cc(Nc2ccc(C#N)cc2Cl)cn1. The van der Waals surface area contributed by atoms with Gasteiger partial charge < -0.3 is 10.1 Å². The number of nitriles is 1. The molecule has 0 bridgehead atoms. The Morgan fingerprint density at radius 3 is 3.05 bits per heavy atom. The van der Waals surface area contributed by atoms with E-state index in [-0.39, 0.29) is 0 Å². The highest BCUT2D eigenvalue weighted by Gasteiger charge is 2.04. The first-order valence-corrected chi connectivity index (χ1v) is 6.09. The lowest BCUT2D eigenvalue weighted by Gasteiger charge is -2.05. The Kier molecular flexibility index (Phi) is 4.39.